The molecule has 1 aliphatic carbocycles. The topological polar surface area (TPSA) is 68.5 Å². The molecule has 1 aromatic heterocycles. The molecule has 5 nitrogen and oxygen atoms in total. The van der Waals surface area contributed by atoms with Crippen LogP contribution in [0.1, 0.15) is 58.4 Å². The number of aliphatic carboxylic acids is 1. The number of aryl methyl sites for hydroxylation is 1. The van der Waals surface area contributed by atoms with E-state index < -0.39 is 11.4 Å². The molecule has 34 heavy (non-hydrogen) atoms. The second kappa shape index (κ2) is 10.7. The Morgan fingerprint density at radius 1 is 1.06 bits per heavy atom. The molecular weight excluding hydrogens is 426 g/mol. The first-order chi connectivity index (χ1) is 16.5. The highest BCUT2D eigenvalue weighted by atomic mass is 16.5. The van der Waals surface area contributed by atoms with Gasteiger partial charge in [-0.2, -0.15) is 0 Å². The lowest BCUT2D eigenvalue weighted by molar-refractivity contribution is -0.153. The van der Waals surface area contributed by atoms with Crippen LogP contribution in [0.15, 0.2) is 72.9 Å². The highest BCUT2D eigenvalue weighted by Crippen LogP contribution is 2.38. The molecule has 1 saturated carbocycles. The fraction of sp³-hybridized carbons (Fsp3) is 0.310. The number of benzene rings is 2. The molecular formula is C29H31NO4. The lowest BCUT2D eigenvalue weighted by atomic mass is 9.87. The Kier molecular flexibility index (Phi) is 7.43. The molecule has 0 aliphatic heterocycles. The van der Waals surface area contributed by atoms with Gasteiger partial charge in [0.2, 0.25) is 5.78 Å². The zero-order chi connectivity index (χ0) is 24.0. The van der Waals surface area contributed by atoms with Crippen molar-refractivity contribution < 1.29 is 19.4 Å². The number of carboxylic acids is 1. The van der Waals surface area contributed by atoms with Crippen molar-refractivity contribution in [3.8, 4) is 0 Å². The van der Waals surface area contributed by atoms with Crippen molar-refractivity contribution in [2.45, 2.75) is 45.8 Å². The number of aromatic nitrogens is 1. The number of rotatable bonds is 10. The van der Waals surface area contributed by atoms with Crippen LogP contribution in [0.4, 0.5) is 0 Å². The van der Waals surface area contributed by atoms with Crippen molar-refractivity contribution in [1.82, 2.24) is 4.57 Å². The van der Waals surface area contributed by atoms with Crippen molar-refractivity contribution in [2.75, 3.05) is 6.61 Å². The molecule has 176 valence electrons. The number of hydrogen-bond donors (Lipinski definition) is 1. The minimum Gasteiger partial charge on any atom is -0.481 e. The molecule has 0 saturated heterocycles. The van der Waals surface area contributed by atoms with E-state index in [0.29, 0.717) is 37.3 Å². The van der Waals surface area contributed by atoms with Gasteiger partial charge in [-0.15, -0.1) is 0 Å². The number of hydrogen-bond acceptors (Lipinski definition) is 3. The minimum atomic E-state index is -0.744. The van der Waals surface area contributed by atoms with Crippen molar-refractivity contribution in [1.29, 1.82) is 0 Å². The quantitative estimate of drug-likeness (QED) is 0.385. The van der Waals surface area contributed by atoms with Gasteiger partial charge >= 0.3 is 5.97 Å². The predicted octanol–water partition coefficient (Wildman–Crippen LogP) is 5.90. The molecule has 1 aliphatic rings. The molecule has 0 spiro atoms. The first kappa shape index (κ1) is 23.7. The Balaban J connectivity index is 1.35. The lowest BCUT2D eigenvalue weighted by Crippen LogP contribution is -2.32. The van der Waals surface area contributed by atoms with Gasteiger partial charge in [-0.25, -0.2) is 0 Å². The van der Waals surface area contributed by atoms with Crippen LogP contribution in [-0.4, -0.2) is 28.0 Å². The highest BCUT2D eigenvalue weighted by molar-refractivity contribution is 6.08. The molecule has 3 aromatic rings. The summed E-state index contributed by atoms with van der Waals surface area (Å²) in [6.45, 7) is 3.24. The Bertz CT molecular complexity index is 1170. The number of allylic oxidation sites excluding steroid dienone is 1. The van der Waals surface area contributed by atoms with E-state index in [1.807, 2.05) is 90.5 Å². The van der Waals surface area contributed by atoms with Crippen LogP contribution in [0.5, 0.6) is 0 Å². The molecule has 4 rings (SSSR count). The van der Waals surface area contributed by atoms with Crippen LogP contribution in [0.3, 0.4) is 0 Å². The summed E-state index contributed by atoms with van der Waals surface area (Å²) >= 11 is 0. The van der Waals surface area contributed by atoms with Crippen molar-refractivity contribution in [3.05, 3.63) is 101 Å². The van der Waals surface area contributed by atoms with Gasteiger partial charge in [0.1, 0.15) is 0 Å². The van der Waals surface area contributed by atoms with Gasteiger partial charge in [0.05, 0.1) is 24.3 Å². The van der Waals surface area contributed by atoms with E-state index in [1.54, 1.807) is 0 Å². The van der Waals surface area contributed by atoms with E-state index in [-0.39, 0.29) is 12.4 Å². The second-order valence-electron chi connectivity index (χ2n) is 9.17. The van der Waals surface area contributed by atoms with E-state index >= 15 is 0 Å². The lowest BCUT2D eigenvalue weighted by Gasteiger charge is -2.23. The largest absolute Gasteiger partial charge is 0.481 e. The zero-order valence-electron chi connectivity index (χ0n) is 19.6. The summed E-state index contributed by atoms with van der Waals surface area (Å²) in [7, 11) is 0. The summed E-state index contributed by atoms with van der Waals surface area (Å²) in [4.78, 5) is 24.6. The Morgan fingerprint density at radius 2 is 1.82 bits per heavy atom. The van der Waals surface area contributed by atoms with E-state index in [4.69, 9.17) is 4.74 Å². The third-order valence-corrected chi connectivity index (χ3v) is 6.60. The third-order valence-electron chi connectivity index (χ3n) is 6.60. The zero-order valence-corrected chi connectivity index (χ0v) is 19.6. The average Bonchev–Trinajstić information content (AvgIpc) is 3.50. The minimum absolute atomic E-state index is 0.0129. The first-order valence-electron chi connectivity index (χ1n) is 11.8. The van der Waals surface area contributed by atoms with E-state index in [2.05, 4.69) is 0 Å². The highest BCUT2D eigenvalue weighted by Gasteiger charge is 2.41. The average molecular weight is 458 g/mol. The number of ketones is 1. The maximum absolute atomic E-state index is 12.9. The van der Waals surface area contributed by atoms with E-state index in [0.717, 1.165) is 29.5 Å². The number of carboxylic acid groups (broad SMARTS) is 1. The number of carbonyl (C=O) groups is 2. The molecule has 0 radical (unpaired) electrons. The van der Waals surface area contributed by atoms with Gasteiger partial charge in [-0.05, 0) is 49.1 Å². The summed E-state index contributed by atoms with van der Waals surface area (Å²) in [5, 5.41) is 9.60. The molecule has 2 aromatic carbocycles. The fourth-order valence-corrected chi connectivity index (χ4v) is 4.56. The predicted molar refractivity (Wildman–Crippen MR) is 133 cm³/mol. The van der Waals surface area contributed by atoms with Gasteiger partial charge in [0, 0.05) is 18.3 Å². The fourth-order valence-electron chi connectivity index (χ4n) is 4.56. The van der Waals surface area contributed by atoms with Crippen LogP contribution in [0.25, 0.3) is 6.08 Å². The van der Waals surface area contributed by atoms with Gasteiger partial charge in [0.15, 0.2) is 0 Å². The molecule has 1 fully saturated rings. The van der Waals surface area contributed by atoms with Gasteiger partial charge in [-0.1, -0.05) is 73.0 Å². The van der Waals surface area contributed by atoms with Crippen molar-refractivity contribution in [3.63, 3.8) is 0 Å². The van der Waals surface area contributed by atoms with Crippen LogP contribution < -0.4 is 0 Å². The summed E-state index contributed by atoms with van der Waals surface area (Å²) in [5.74, 6) is -0.731. The molecule has 5 heteroatoms. The van der Waals surface area contributed by atoms with Crippen LogP contribution in [0, 0.1) is 12.3 Å². The van der Waals surface area contributed by atoms with E-state index in [9.17, 15) is 14.7 Å². The van der Waals surface area contributed by atoms with E-state index in [1.165, 1.54) is 0 Å². The second-order valence-corrected chi connectivity index (χ2v) is 9.17. The molecule has 0 unspecified atom stereocenters. The van der Waals surface area contributed by atoms with Gasteiger partial charge in [0.25, 0.3) is 0 Å². The normalized spacial score (nSPS) is 15.1. The molecule has 1 N–H and O–H groups in total. The summed E-state index contributed by atoms with van der Waals surface area (Å²) in [5.41, 5.74) is 3.80. The number of ether oxygens (including phenoxy) is 1. The number of carbonyl (C=O) groups excluding carboxylic acids is 1. The Labute approximate surface area is 200 Å². The molecule has 0 bridgehead atoms. The number of nitrogens with zero attached hydrogens (tertiary/aromatic N) is 1. The summed E-state index contributed by atoms with van der Waals surface area (Å²) < 4.78 is 7.77. The third kappa shape index (κ3) is 5.54. The van der Waals surface area contributed by atoms with Crippen LogP contribution >= 0.6 is 0 Å². The SMILES string of the molecule is Cc1ccc(C(=O)c2cccn2C/C=C/c2cccc(COCC3(C(=O)O)CCCC3)c2)cc1. The van der Waals surface area contributed by atoms with Crippen LogP contribution in [0.2, 0.25) is 0 Å². The Morgan fingerprint density at radius 3 is 2.56 bits per heavy atom. The van der Waals surface area contributed by atoms with Crippen molar-refractivity contribution in [2.24, 2.45) is 5.41 Å². The molecule has 1 heterocycles. The van der Waals surface area contributed by atoms with Gasteiger partial charge in [-0.3, -0.25) is 9.59 Å². The standard InChI is InChI=1S/C29H31NO4/c1-22-11-13-25(14-12-22)27(31)26-10-6-18-30(26)17-5-9-23-7-4-8-24(19-23)20-34-21-29(28(32)33)15-2-3-16-29/h4-14,18-19H,2-3,15-17,20-21H2,1H3,(H,32,33)/b9-5+. The smallest absolute Gasteiger partial charge is 0.311 e. The summed E-state index contributed by atoms with van der Waals surface area (Å²) in [6.07, 6.45) is 9.27. The first-order valence-corrected chi connectivity index (χ1v) is 11.8. The Hall–Kier alpha value is -3.44. The van der Waals surface area contributed by atoms with Gasteiger partial charge < -0.3 is 14.4 Å². The van der Waals surface area contributed by atoms with Crippen LogP contribution in [-0.2, 0) is 22.7 Å². The van der Waals surface area contributed by atoms with Crippen molar-refractivity contribution >= 4 is 17.8 Å². The summed E-state index contributed by atoms with van der Waals surface area (Å²) in [6, 6.07) is 19.4. The molecule has 0 amide bonds. The maximum atomic E-state index is 12.9. The maximum Gasteiger partial charge on any atom is 0.311 e. The molecule has 0 atom stereocenters. The monoisotopic (exact) mass is 457 g/mol.